The van der Waals surface area contributed by atoms with Crippen LogP contribution >= 0.6 is 0 Å². The second-order valence-electron chi connectivity index (χ2n) is 4.24. The predicted molar refractivity (Wildman–Crippen MR) is 68.3 cm³/mol. The Balaban J connectivity index is 2.20. The summed E-state index contributed by atoms with van der Waals surface area (Å²) in [5, 5.41) is 4.92. The average molecular weight is 278 g/mol. The second-order valence-corrected chi connectivity index (χ2v) is 4.24. The van der Waals surface area contributed by atoms with Crippen molar-refractivity contribution in [3.05, 3.63) is 48.5 Å². The topological polar surface area (TPSA) is 56.7 Å². The van der Waals surface area contributed by atoms with Crippen LogP contribution in [0.3, 0.4) is 0 Å². The van der Waals surface area contributed by atoms with E-state index in [2.05, 4.69) is 10.1 Å². The number of fused-ring (bicyclic) bond motifs is 1. The molecule has 0 saturated carbocycles. The number of nitrogen functional groups attached to an aromatic ring is 1. The molecule has 0 aliphatic carbocycles. The van der Waals surface area contributed by atoms with Gasteiger partial charge in [-0.05, 0) is 24.3 Å². The molecule has 0 unspecified atom stereocenters. The highest BCUT2D eigenvalue weighted by Crippen LogP contribution is 2.30. The fourth-order valence-electron chi connectivity index (χ4n) is 2.01. The molecule has 20 heavy (non-hydrogen) atoms. The Kier molecular flexibility index (Phi) is 2.63. The maximum Gasteiger partial charge on any atom is 0.435 e. The number of nitrogens with two attached hydrogens (primary N) is 1. The van der Waals surface area contributed by atoms with E-state index in [1.54, 1.807) is 30.6 Å². The monoisotopic (exact) mass is 278 g/mol. The number of hydrogen-bond acceptors (Lipinski definition) is 3. The zero-order chi connectivity index (χ0) is 14.3. The number of anilines is 1. The molecule has 0 bridgehead atoms. The summed E-state index contributed by atoms with van der Waals surface area (Å²) in [4.78, 5) is 3.98. The van der Waals surface area contributed by atoms with Crippen molar-refractivity contribution in [2.75, 3.05) is 5.73 Å². The third kappa shape index (κ3) is 1.97. The van der Waals surface area contributed by atoms with Crippen molar-refractivity contribution in [3.8, 4) is 5.69 Å². The molecular formula is C13H9F3N4. The van der Waals surface area contributed by atoms with Crippen molar-refractivity contribution in [2.45, 2.75) is 6.18 Å². The van der Waals surface area contributed by atoms with E-state index in [4.69, 9.17) is 5.73 Å². The molecule has 2 aromatic heterocycles. The van der Waals surface area contributed by atoms with Gasteiger partial charge in [-0.3, -0.25) is 4.98 Å². The summed E-state index contributed by atoms with van der Waals surface area (Å²) in [6, 6.07) is 5.89. The van der Waals surface area contributed by atoms with Gasteiger partial charge in [-0.2, -0.15) is 18.3 Å². The molecule has 0 atom stereocenters. The van der Waals surface area contributed by atoms with Gasteiger partial charge in [0.1, 0.15) is 0 Å². The van der Waals surface area contributed by atoms with Crippen molar-refractivity contribution in [3.63, 3.8) is 0 Å². The number of pyridine rings is 1. The largest absolute Gasteiger partial charge is 0.435 e. The molecule has 0 spiro atoms. The van der Waals surface area contributed by atoms with Gasteiger partial charge < -0.3 is 5.73 Å². The van der Waals surface area contributed by atoms with E-state index in [-0.39, 0.29) is 0 Å². The first-order valence-electron chi connectivity index (χ1n) is 5.72. The highest BCUT2D eigenvalue weighted by Gasteiger charge is 2.33. The molecule has 0 fully saturated rings. The molecule has 1 aromatic carbocycles. The number of nitrogens with zero attached hydrogens (tertiary/aromatic N) is 3. The van der Waals surface area contributed by atoms with Crippen molar-refractivity contribution < 1.29 is 13.2 Å². The lowest BCUT2D eigenvalue weighted by Gasteiger charge is -2.08. The molecule has 0 amide bonds. The van der Waals surface area contributed by atoms with E-state index in [1.807, 2.05) is 0 Å². The van der Waals surface area contributed by atoms with Gasteiger partial charge in [-0.25, -0.2) is 4.68 Å². The number of hydrogen-bond donors (Lipinski definition) is 1. The lowest BCUT2D eigenvalue weighted by Crippen LogP contribution is -2.07. The quantitative estimate of drug-likeness (QED) is 0.696. The normalized spacial score (nSPS) is 11.9. The fourth-order valence-corrected chi connectivity index (χ4v) is 2.01. The maximum absolute atomic E-state index is 12.6. The van der Waals surface area contributed by atoms with Crippen LogP contribution in [0.2, 0.25) is 0 Å². The lowest BCUT2D eigenvalue weighted by atomic mass is 10.1. The minimum absolute atomic E-state index is 0.498. The highest BCUT2D eigenvalue weighted by atomic mass is 19.4. The Bertz CT molecular complexity index is 777. The number of rotatable bonds is 1. The number of alkyl halides is 3. The van der Waals surface area contributed by atoms with Crippen molar-refractivity contribution in [2.24, 2.45) is 0 Å². The van der Waals surface area contributed by atoms with Gasteiger partial charge in [-0.15, -0.1) is 0 Å². The number of benzene rings is 1. The fraction of sp³-hybridized carbons (Fsp3) is 0.0769. The molecule has 7 heteroatoms. The van der Waals surface area contributed by atoms with Crippen LogP contribution < -0.4 is 5.73 Å². The molecule has 0 radical (unpaired) electrons. The van der Waals surface area contributed by atoms with Crippen molar-refractivity contribution in [1.29, 1.82) is 0 Å². The smallest absolute Gasteiger partial charge is 0.398 e. The van der Waals surface area contributed by atoms with Gasteiger partial charge in [0.05, 0.1) is 5.69 Å². The maximum atomic E-state index is 12.6. The van der Waals surface area contributed by atoms with Gasteiger partial charge in [-0.1, -0.05) is 0 Å². The predicted octanol–water partition coefficient (Wildman–Crippen LogP) is 3.02. The van der Waals surface area contributed by atoms with E-state index >= 15 is 0 Å². The average Bonchev–Trinajstić information content (AvgIpc) is 2.89. The zero-order valence-electron chi connectivity index (χ0n) is 10.1. The lowest BCUT2D eigenvalue weighted by molar-refractivity contribution is -0.141. The third-order valence-corrected chi connectivity index (χ3v) is 2.96. The molecule has 0 saturated heterocycles. The van der Waals surface area contributed by atoms with E-state index < -0.39 is 11.9 Å². The summed E-state index contributed by atoms with van der Waals surface area (Å²) in [5.74, 6) is 0. The Morgan fingerprint density at radius 3 is 2.55 bits per heavy atom. The van der Waals surface area contributed by atoms with Crippen LogP contribution in [-0.2, 0) is 6.18 Å². The van der Waals surface area contributed by atoms with Crippen LogP contribution in [0.5, 0.6) is 0 Å². The van der Waals surface area contributed by atoms with Gasteiger partial charge in [0.2, 0.25) is 0 Å². The molecule has 0 aliphatic heterocycles. The molecule has 3 aromatic rings. The minimum Gasteiger partial charge on any atom is -0.398 e. The molecule has 4 nitrogen and oxygen atoms in total. The van der Waals surface area contributed by atoms with E-state index in [9.17, 15) is 13.2 Å². The Morgan fingerprint density at radius 2 is 1.85 bits per heavy atom. The molecule has 102 valence electrons. The van der Waals surface area contributed by atoms with Crippen molar-refractivity contribution >= 4 is 16.5 Å². The summed E-state index contributed by atoms with van der Waals surface area (Å²) in [5.41, 5.74) is 5.94. The molecule has 3 rings (SSSR count). The Hall–Kier alpha value is -2.57. The van der Waals surface area contributed by atoms with Crippen LogP contribution in [0.1, 0.15) is 5.69 Å². The van der Waals surface area contributed by atoms with Gasteiger partial charge in [0.25, 0.3) is 0 Å². The van der Waals surface area contributed by atoms with E-state index in [0.717, 1.165) is 11.5 Å². The third-order valence-electron chi connectivity index (χ3n) is 2.96. The Labute approximate surface area is 111 Å². The SMILES string of the molecule is Nc1ccc(-n2ccc(C(F)(F)F)n2)c2cnccc12. The van der Waals surface area contributed by atoms with Gasteiger partial charge in [0, 0.05) is 35.1 Å². The van der Waals surface area contributed by atoms with Crippen LogP contribution in [-0.4, -0.2) is 14.8 Å². The van der Waals surface area contributed by atoms with Gasteiger partial charge in [0.15, 0.2) is 5.69 Å². The first-order chi connectivity index (χ1) is 9.47. The van der Waals surface area contributed by atoms with Crippen LogP contribution in [0.15, 0.2) is 42.9 Å². The summed E-state index contributed by atoms with van der Waals surface area (Å²) < 4.78 is 38.9. The van der Waals surface area contributed by atoms with Gasteiger partial charge >= 0.3 is 6.18 Å². The Morgan fingerprint density at radius 1 is 1.05 bits per heavy atom. The van der Waals surface area contributed by atoms with Crippen molar-refractivity contribution in [1.82, 2.24) is 14.8 Å². The zero-order valence-corrected chi connectivity index (χ0v) is 10.1. The number of halogens is 3. The summed E-state index contributed by atoms with van der Waals surface area (Å²) >= 11 is 0. The minimum atomic E-state index is -4.47. The first kappa shape index (κ1) is 12.5. The van der Waals surface area contributed by atoms with Crippen LogP contribution in [0.4, 0.5) is 18.9 Å². The van der Waals surface area contributed by atoms with E-state index in [0.29, 0.717) is 16.8 Å². The standard InChI is InChI=1S/C13H9F3N4/c14-13(15,16)12-4-6-20(19-12)11-2-1-10(17)8-3-5-18-7-9(8)11/h1-7H,17H2. The second kappa shape index (κ2) is 4.22. The summed E-state index contributed by atoms with van der Waals surface area (Å²) in [6.45, 7) is 0. The first-order valence-corrected chi connectivity index (χ1v) is 5.72. The summed E-state index contributed by atoms with van der Waals surface area (Å²) in [6.07, 6.45) is -0.0728. The molecule has 2 N–H and O–H groups in total. The molecule has 0 aliphatic rings. The van der Waals surface area contributed by atoms with E-state index in [1.165, 1.54) is 10.9 Å². The molecular weight excluding hydrogens is 269 g/mol. The highest BCUT2D eigenvalue weighted by molar-refractivity contribution is 5.97. The molecule has 2 heterocycles. The summed E-state index contributed by atoms with van der Waals surface area (Å²) in [7, 11) is 0. The van der Waals surface area contributed by atoms with Crippen LogP contribution in [0, 0.1) is 0 Å². The number of aromatic nitrogens is 3. The van der Waals surface area contributed by atoms with Crippen LogP contribution in [0.25, 0.3) is 16.5 Å².